The van der Waals surface area contributed by atoms with Crippen molar-refractivity contribution in [1.29, 1.82) is 0 Å². The summed E-state index contributed by atoms with van der Waals surface area (Å²) in [6, 6.07) is 1.83. The highest BCUT2D eigenvalue weighted by molar-refractivity contribution is 7.93. The van der Waals surface area contributed by atoms with Crippen LogP contribution in [0.3, 0.4) is 0 Å². The van der Waals surface area contributed by atoms with E-state index < -0.39 is 15.2 Å². The quantitative estimate of drug-likeness (QED) is 0.736. The molecule has 0 aromatic carbocycles. The van der Waals surface area contributed by atoms with Crippen molar-refractivity contribution in [2.24, 2.45) is 0 Å². The molecule has 6 nitrogen and oxygen atoms in total. The predicted molar refractivity (Wildman–Crippen MR) is 57.4 cm³/mol. The lowest BCUT2D eigenvalue weighted by Crippen LogP contribution is -2.44. The Kier molecular flexibility index (Phi) is 2.85. The third-order valence-electron chi connectivity index (χ3n) is 2.18. The molecule has 0 bridgehead atoms. The zero-order chi connectivity index (χ0) is 10.9. The van der Waals surface area contributed by atoms with Gasteiger partial charge in [-0.25, -0.2) is 13.1 Å². The first kappa shape index (κ1) is 10.7. The van der Waals surface area contributed by atoms with E-state index in [-0.39, 0.29) is 6.04 Å². The summed E-state index contributed by atoms with van der Waals surface area (Å²) in [5, 5.41) is 6.70. The summed E-state index contributed by atoms with van der Waals surface area (Å²) in [6.45, 7) is 1.61. The first-order valence-electron chi connectivity index (χ1n) is 4.43. The van der Waals surface area contributed by atoms with Crippen LogP contribution in [0.25, 0.3) is 0 Å². The smallest absolute Gasteiger partial charge is 0.247 e. The summed E-state index contributed by atoms with van der Waals surface area (Å²) < 4.78 is 26.5. The topological polar surface area (TPSA) is 76.0 Å². The van der Waals surface area contributed by atoms with Crippen LogP contribution in [0.4, 0.5) is 5.82 Å². The summed E-state index contributed by atoms with van der Waals surface area (Å²) in [6.07, 6.45) is 1.56. The van der Waals surface area contributed by atoms with Gasteiger partial charge in [0.15, 0.2) is 0 Å². The molecule has 1 aliphatic heterocycles. The lowest BCUT2D eigenvalue weighted by atomic mass is 10.2. The second-order valence-corrected chi connectivity index (χ2v) is 5.61. The maximum Gasteiger partial charge on any atom is 0.247 e. The van der Waals surface area contributed by atoms with Crippen molar-refractivity contribution in [2.45, 2.75) is 6.04 Å². The molecule has 0 aliphatic carbocycles. The van der Waals surface area contributed by atoms with E-state index in [0.717, 1.165) is 13.1 Å². The number of rotatable bonds is 4. The number of anilines is 1. The SMILES string of the molecule is O=S(=O)(CCl)Nc1ccnn1C1CNC1. The highest BCUT2D eigenvalue weighted by Crippen LogP contribution is 2.18. The first-order chi connectivity index (χ1) is 7.12. The zero-order valence-electron chi connectivity index (χ0n) is 7.85. The third-order valence-corrected chi connectivity index (χ3v) is 3.85. The summed E-state index contributed by atoms with van der Waals surface area (Å²) in [5.74, 6) is 0.460. The molecule has 0 radical (unpaired) electrons. The minimum Gasteiger partial charge on any atom is -0.312 e. The van der Waals surface area contributed by atoms with Crippen molar-refractivity contribution in [3.63, 3.8) is 0 Å². The molecule has 2 heterocycles. The standard InChI is InChI=1S/C7H11ClN4O2S/c8-5-15(13,14)11-7-1-2-10-12(7)6-3-9-4-6/h1-2,6,9,11H,3-5H2. The van der Waals surface area contributed by atoms with Gasteiger partial charge in [0, 0.05) is 19.2 Å². The molecule has 1 aliphatic rings. The molecule has 84 valence electrons. The molecule has 0 atom stereocenters. The van der Waals surface area contributed by atoms with Gasteiger partial charge in [-0.15, -0.1) is 11.6 Å². The summed E-state index contributed by atoms with van der Waals surface area (Å²) >= 11 is 5.30. The fraction of sp³-hybridized carbons (Fsp3) is 0.571. The molecule has 2 rings (SSSR count). The van der Waals surface area contributed by atoms with Crippen LogP contribution in [0.5, 0.6) is 0 Å². The van der Waals surface area contributed by atoms with Crippen LogP contribution < -0.4 is 10.0 Å². The summed E-state index contributed by atoms with van der Waals surface area (Å²) in [7, 11) is -3.45. The van der Waals surface area contributed by atoms with Crippen molar-refractivity contribution < 1.29 is 8.42 Å². The number of halogens is 1. The molecular formula is C7H11ClN4O2S. The molecule has 1 aromatic rings. The van der Waals surface area contributed by atoms with Crippen LogP contribution >= 0.6 is 11.6 Å². The molecular weight excluding hydrogens is 240 g/mol. The van der Waals surface area contributed by atoms with Gasteiger partial charge in [-0.3, -0.25) is 4.72 Å². The second kappa shape index (κ2) is 3.99. The normalized spacial score (nSPS) is 17.4. The highest BCUT2D eigenvalue weighted by Gasteiger charge is 2.23. The molecule has 1 fully saturated rings. The Morgan fingerprint density at radius 3 is 2.93 bits per heavy atom. The van der Waals surface area contributed by atoms with E-state index >= 15 is 0 Å². The maximum atomic E-state index is 11.2. The fourth-order valence-corrected chi connectivity index (χ4v) is 2.02. The Labute approximate surface area is 92.7 Å². The van der Waals surface area contributed by atoms with Crippen LogP contribution in [-0.2, 0) is 10.0 Å². The van der Waals surface area contributed by atoms with Gasteiger partial charge in [0.2, 0.25) is 10.0 Å². The van der Waals surface area contributed by atoms with Gasteiger partial charge in [-0.1, -0.05) is 0 Å². The van der Waals surface area contributed by atoms with Gasteiger partial charge >= 0.3 is 0 Å². The van der Waals surface area contributed by atoms with E-state index in [2.05, 4.69) is 15.1 Å². The van der Waals surface area contributed by atoms with E-state index in [0.29, 0.717) is 5.82 Å². The molecule has 2 N–H and O–H groups in total. The number of hydrogen-bond acceptors (Lipinski definition) is 4. The van der Waals surface area contributed by atoms with Crippen LogP contribution in [-0.4, -0.2) is 36.5 Å². The average molecular weight is 251 g/mol. The van der Waals surface area contributed by atoms with Gasteiger partial charge in [-0.05, 0) is 0 Å². The minimum atomic E-state index is -3.45. The Morgan fingerprint density at radius 2 is 2.40 bits per heavy atom. The lowest BCUT2D eigenvalue weighted by molar-refractivity contribution is 0.322. The van der Waals surface area contributed by atoms with Crippen molar-refractivity contribution in [2.75, 3.05) is 23.0 Å². The van der Waals surface area contributed by atoms with Gasteiger partial charge in [0.1, 0.15) is 11.0 Å². The largest absolute Gasteiger partial charge is 0.312 e. The monoisotopic (exact) mass is 250 g/mol. The fourth-order valence-electron chi connectivity index (χ4n) is 1.32. The van der Waals surface area contributed by atoms with Gasteiger partial charge in [0.05, 0.1) is 12.2 Å². The lowest BCUT2D eigenvalue weighted by Gasteiger charge is -2.28. The predicted octanol–water partition coefficient (Wildman–Crippen LogP) is -0.0346. The number of hydrogen-bond donors (Lipinski definition) is 2. The van der Waals surface area contributed by atoms with Crippen LogP contribution in [0.1, 0.15) is 6.04 Å². The van der Waals surface area contributed by atoms with Gasteiger partial charge in [-0.2, -0.15) is 5.10 Å². The van der Waals surface area contributed by atoms with E-state index in [4.69, 9.17) is 11.6 Å². The highest BCUT2D eigenvalue weighted by atomic mass is 35.5. The minimum absolute atomic E-state index is 0.216. The van der Waals surface area contributed by atoms with Crippen molar-refractivity contribution in [1.82, 2.24) is 15.1 Å². The van der Waals surface area contributed by atoms with E-state index in [1.165, 1.54) is 0 Å². The average Bonchev–Trinajstić information content (AvgIpc) is 2.50. The van der Waals surface area contributed by atoms with Crippen molar-refractivity contribution >= 4 is 27.4 Å². The molecule has 0 amide bonds. The van der Waals surface area contributed by atoms with Crippen molar-refractivity contribution in [3.05, 3.63) is 12.3 Å². The van der Waals surface area contributed by atoms with Crippen molar-refractivity contribution in [3.8, 4) is 0 Å². The van der Waals surface area contributed by atoms with E-state index in [9.17, 15) is 8.42 Å². The van der Waals surface area contributed by atoms with Crippen LogP contribution in [0.2, 0.25) is 0 Å². The second-order valence-electron chi connectivity index (χ2n) is 3.30. The summed E-state index contributed by atoms with van der Waals surface area (Å²) in [4.78, 5) is 0. The molecule has 8 heteroatoms. The number of alkyl halides is 1. The Hall–Kier alpha value is -0.790. The third kappa shape index (κ3) is 2.24. The van der Waals surface area contributed by atoms with Crippen LogP contribution in [0.15, 0.2) is 12.3 Å². The zero-order valence-corrected chi connectivity index (χ0v) is 9.42. The number of nitrogens with one attached hydrogen (secondary N) is 2. The molecule has 15 heavy (non-hydrogen) atoms. The van der Waals surface area contributed by atoms with E-state index in [1.807, 2.05) is 0 Å². The Balaban J connectivity index is 2.18. The Bertz CT molecular complexity index is 440. The number of aromatic nitrogens is 2. The first-order valence-corrected chi connectivity index (χ1v) is 6.62. The van der Waals surface area contributed by atoms with Gasteiger partial charge in [0.25, 0.3) is 0 Å². The summed E-state index contributed by atoms with van der Waals surface area (Å²) in [5.41, 5.74) is 0. The maximum absolute atomic E-state index is 11.2. The molecule has 1 saturated heterocycles. The molecule has 1 aromatic heterocycles. The van der Waals surface area contributed by atoms with E-state index in [1.54, 1.807) is 16.9 Å². The van der Waals surface area contributed by atoms with Gasteiger partial charge < -0.3 is 5.32 Å². The number of nitrogens with zero attached hydrogens (tertiary/aromatic N) is 2. The van der Waals surface area contributed by atoms with Crippen LogP contribution in [0, 0.1) is 0 Å². The molecule has 0 spiro atoms. The Morgan fingerprint density at radius 1 is 1.67 bits per heavy atom. The molecule has 0 saturated carbocycles. The molecule has 0 unspecified atom stereocenters. The number of sulfonamides is 1.